The lowest BCUT2D eigenvalue weighted by molar-refractivity contribution is -0.117. The zero-order valence-electron chi connectivity index (χ0n) is 18.1. The molecule has 1 unspecified atom stereocenters. The minimum atomic E-state index is -1.17. The summed E-state index contributed by atoms with van der Waals surface area (Å²) in [7, 11) is 1.62. The molecule has 1 aromatic heterocycles. The van der Waals surface area contributed by atoms with Crippen LogP contribution in [0.5, 0.6) is 5.75 Å². The average Bonchev–Trinajstić information content (AvgIpc) is 3.25. The summed E-state index contributed by atoms with van der Waals surface area (Å²) in [5, 5.41) is 13.3. The molecule has 3 aromatic carbocycles. The summed E-state index contributed by atoms with van der Waals surface area (Å²) in [6.45, 7) is 1.97. The molecule has 6 nitrogen and oxygen atoms in total. The Balaban J connectivity index is 1.73. The Labute approximate surface area is 186 Å². The number of carbonyl (C=O) groups excluding carboxylic acids is 1. The van der Waals surface area contributed by atoms with Crippen molar-refractivity contribution in [1.29, 1.82) is 5.26 Å². The highest BCUT2D eigenvalue weighted by atomic mass is 16.5. The van der Waals surface area contributed by atoms with Crippen molar-refractivity contribution in [2.45, 2.75) is 25.2 Å². The molecule has 0 fully saturated rings. The van der Waals surface area contributed by atoms with Gasteiger partial charge in [0.25, 0.3) is 0 Å². The molecule has 0 saturated carbocycles. The third-order valence-electron chi connectivity index (χ3n) is 5.62. The number of aromatic nitrogens is 2. The number of para-hydroxylation sites is 3. The second kappa shape index (κ2) is 8.94. The molecule has 0 radical (unpaired) electrons. The minimum Gasteiger partial charge on any atom is -0.497 e. The number of hydrogen-bond acceptors (Lipinski definition) is 4. The van der Waals surface area contributed by atoms with Crippen LogP contribution < -0.4 is 10.1 Å². The van der Waals surface area contributed by atoms with Crippen molar-refractivity contribution in [3.63, 3.8) is 0 Å². The SMILES string of the molecule is COc1ccc(CC(C#N)(CC(=O)Nc2ccccc2)c2nc3ccccc3[nH]2)c(C)c1. The minimum absolute atomic E-state index is 0.0380. The topological polar surface area (TPSA) is 90.8 Å². The van der Waals surface area contributed by atoms with E-state index < -0.39 is 5.41 Å². The third kappa shape index (κ3) is 4.33. The quantitative estimate of drug-likeness (QED) is 0.441. The molecule has 0 spiro atoms. The number of aryl methyl sites for hydroxylation is 1. The Kier molecular flexibility index (Phi) is 5.91. The van der Waals surface area contributed by atoms with Crippen LogP contribution >= 0.6 is 0 Å². The second-order valence-electron chi connectivity index (χ2n) is 7.86. The van der Waals surface area contributed by atoms with E-state index in [1.807, 2.05) is 79.7 Å². The Morgan fingerprint density at radius 3 is 2.56 bits per heavy atom. The summed E-state index contributed by atoms with van der Waals surface area (Å²) in [4.78, 5) is 21.0. The van der Waals surface area contributed by atoms with Crippen LogP contribution in [0.4, 0.5) is 5.69 Å². The van der Waals surface area contributed by atoms with Gasteiger partial charge in [-0.05, 0) is 60.9 Å². The van der Waals surface area contributed by atoms with Crippen LogP contribution in [0.1, 0.15) is 23.4 Å². The molecule has 0 bridgehead atoms. The molecule has 6 heteroatoms. The number of hydrogen-bond donors (Lipinski definition) is 2. The van der Waals surface area contributed by atoms with Gasteiger partial charge in [0, 0.05) is 5.69 Å². The van der Waals surface area contributed by atoms with Gasteiger partial charge >= 0.3 is 0 Å². The highest BCUT2D eigenvalue weighted by molar-refractivity contribution is 5.92. The summed E-state index contributed by atoms with van der Waals surface area (Å²) in [5.41, 5.74) is 3.06. The lowest BCUT2D eigenvalue weighted by Gasteiger charge is -2.25. The van der Waals surface area contributed by atoms with Gasteiger partial charge in [-0.1, -0.05) is 36.4 Å². The van der Waals surface area contributed by atoms with E-state index >= 15 is 0 Å². The van der Waals surface area contributed by atoms with Crippen molar-refractivity contribution in [2.75, 3.05) is 12.4 Å². The van der Waals surface area contributed by atoms with E-state index in [4.69, 9.17) is 9.72 Å². The predicted molar refractivity (Wildman–Crippen MR) is 125 cm³/mol. The smallest absolute Gasteiger partial charge is 0.226 e. The number of nitrogens with one attached hydrogen (secondary N) is 2. The molecule has 160 valence electrons. The van der Waals surface area contributed by atoms with Gasteiger partial charge in [-0.25, -0.2) is 4.98 Å². The Hall–Kier alpha value is -4.11. The highest BCUT2D eigenvalue weighted by Gasteiger charge is 2.39. The van der Waals surface area contributed by atoms with Crippen molar-refractivity contribution in [2.24, 2.45) is 0 Å². The first kappa shape index (κ1) is 21.1. The fourth-order valence-corrected chi connectivity index (χ4v) is 3.86. The van der Waals surface area contributed by atoms with Gasteiger partial charge in [0.05, 0.1) is 30.6 Å². The molecule has 4 aromatic rings. The summed E-state index contributed by atoms with van der Waals surface area (Å²) < 4.78 is 5.31. The first-order valence-electron chi connectivity index (χ1n) is 10.4. The number of anilines is 1. The van der Waals surface area contributed by atoms with E-state index in [0.29, 0.717) is 17.9 Å². The van der Waals surface area contributed by atoms with E-state index in [0.717, 1.165) is 27.9 Å². The van der Waals surface area contributed by atoms with Crippen LogP contribution in [-0.4, -0.2) is 23.0 Å². The lowest BCUT2D eigenvalue weighted by atomic mass is 9.78. The van der Waals surface area contributed by atoms with Crippen molar-refractivity contribution < 1.29 is 9.53 Å². The number of nitrogens with zero attached hydrogens (tertiary/aromatic N) is 2. The standard InChI is InChI=1S/C26H24N4O2/c1-18-14-21(32-2)13-12-19(18)15-26(17-27,16-24(31)28-20-8-4-3-5-9-20)25-29-22-10-6-7-11-23(22)30-25/h3-14H,15-16H2,1-2H3,(H,28,31)(H,29,30). The molecule has 1 heterocycles. The number of fused-ring (bicyclic) bond motifs is 1. The van der Waals surface area contributed by atoms with E-state index in [1.54, 1.807) is 7.11 Å². The molecule has 4 rings (SSSR count). The van der Waals surface area contributed by atoms with Crippen molar-refractivity contribution in [3.8, 4) is 11.8 Å². The fraction of sp³-hybridized carbons (Fsp3) is 0.192. The molecule has 0 aliphatic heterocycles. The first-order valence-corrected chi connectivity index (χ1v) is 10.4. The Bertz CT molecular complexity index is 1260. The molecule has 0 aliphatic carbocycles. The van der Waals surface area contributed by atoms with E-state index in [1.165, 1.54) is 0 Å². The molecule has 1 atom stereocenters. The first-order chi connectivity index (χ1) is 15.5. The van der Waals surface area contributed by atoms with Crippen LogP contribution in [-0.2, 0) is 16.6 Å². The number of carbonyl (C=O) groups is 1. The van der Waals surface area contributed by atoms with Gasteiger partial charge in [-0.2, -0.15) is 5.26 Å². The van der Waals surface area contributed by atoms with Crippen LogP contribution in [0.15, 0.2) is 72.8 Å². The number of imidazole rings is 1. The number of benzene rings is 3. The largest absolute Gasteiger partial charge is 0.497 e. The number of methoxy groups -OCH3 is 1. The van der Waals surface area contributed by atoms with Crippen LogP contribution in [0.3, 0.4) is 0 Å². The van der Waals surface area contributed by atoms with Gasteiger partial charge in [0.2, 0.25) is 5.91 Å². The molecule has 1 amide bonds. The van der Waals surface area contributed by atoms with Gasteiger partial charge in [0.15, 0.2) is 0 Å². The van der Waals surface area contributed by atoms with Crippen LogP contribution in [0, 0.1) is 18.3 Å². The molecular weight excluding hydrogens is 400 g/mol. The summed E-state index contributed by atoms with van der Waals surface area (Å²) >= 11 is 0. The third-order valence-corrected chi connectivity index (χ3v) is 5.62. The zero-order chi connectivity index (χ0) is 22.6. The monoisotopic (exact) mass is 424 g/mol. The lowest BCUT2D eigenvalue weighted by Crippen LogP contribution is -2.34. The van der Waals surface area contributed by atoms with E-state index in [-0.39, 0.29) is 12.3 Å². The van der Waals surface area contributed by atoms with Gasteiger partial charge in [-0.3, -0.25) is 4.79 Å². The average molecular weight is 425 g/mol. The van der Waals surface area contributed by atoms with E-state index in [2.05, 4.69) is 16.4 Å². The van der Waals surface area contributed by atoms with E-state index in [9.17, 15) is 10.1 Å². The van der Waals surface area contributed by atoms with Gasteiger partial charge in [0.1, 0.15) is 17.0 Å². The summed E-state index contributed by atoms with van der Waals surface area (Å²) in [6.07, 6.45) is 0.297. The number of aromatic amines is 1. The molecule has 0 aliphatic rings. The zero-order valence-corrected chi connectivity index (χ0v) is 18.1. The maximum absolute atomic E-state index is 13.0. The maximum Gasteiger partial charge on any atom is 0.226 e. The normalized spacial score (nSPS) is 12.7. The van der Waals surface area contributed by atoms with Crippen LogP contribution in [0.25, 0.3) is 11.0 Å². The van der Waals surface area contributed by atoms with Crippen molar-refractivity contribution >= 4 is 22.6 Å². The second-order valence-corrected chi connectivity index (χ2v) is 7.86. The highest BCUT2D eigenvalue weighted by Crippen LogP contribution is 2.33. The summed E-state index contributed by atoms with van der Waals surface area (Å²) in [5.74, 6) is 0.989. The van der Waals surface area contributed by atoms with Gasteiger partial charge < -0.3 is 15.0 Å². The number of amides is 1. The Morgan fingerprint density at radius 1 is 1.12 bits per heavy atom. The number of ether oxygens (including phenoxy) is 1. The fourth-order valence-electron chi connectivity index (χ4n) is 3.86. The number of rotatable bonds is 7. The summed E-state index contributed by atoms with van der Waals surface area (Å²) in [6, 6.07) is 25.0. The Morgan fingerprint density at radius 2 is 1.88 bits per heavy atom. The molecular formula is C26H24N4O2. The molecule has 32 heavy (non-hydrogen) atoms. The van der Waals surface area contributed by atoms with Gasteiger partial charge in [-0.15, -0.1) is 0 Å². The van der Waals surface area contributed by atoms with Crippen LogP contribution in [0.2, 0.25) is 0 Å². The van der Waals surface area contributed by atoms with Crippen molar-refractivity contribution in [3.05, 3.63) is 89.7 Å². The number of H-pyrrole nitrogens is 1. The maximum atomic E-state index is 13.0. The number of nitriles is 1. The molecule has 2 N–H and O–H groups in total. The molecule has 0 saturated heterocycles. The predicted octanol–water partition coefficient (Wildman–Crippen LogP) is 4.91. The van der Waals surface area contributed by atoms with Crippen molar-refractivity contribution in [1.82, 2.24) is 9.97 Å².